The van der Waals surface area contributed by atoms with Crippen molar-refractivity contribution in [1.82, 2.24) is 29.4 Å². The van der Waals surface area contributed by atoms with E-state index in [4.69, 9.17) is 38.0 Å². The first-order valence-electron chi connectivity index (χ1n) is 13.5. The smallest absolute Gasteiger partial charge is 0.303 e. The van der Waals surface area contributed by atoms with Crippen LogP contribution in [0, 0.1) is 5.92 Å². The monoisotopic (exact) mass is 667 g/mol. The molecule has 4 heterocycles. The molecule has 1 fully saturated rings. The molecular weight excluding hydrogens is 636 g/mol. The number of carbonyl (C=O) groups is 1. The number of aryl methyl sites for hydroxylation is 1. The standard InChI is InChI=1S/C29H31Cl2N7O3.2ClH/c1-2-38-18-32-13-24(38)14-33-29-34-15-25(16-35-29)41-27-8-20(17-37-5-3-19(4-6-37)9-28(39)40)7-26(36-27)21-10-22(30)12-23(31)11-21;;/h7-8,10-13,15-16,18-19H,2-6,9,14,17H2,1H3,(H,39,40)(H,33,34,35);2*1H. The second-order valence-corrected chi connectivity index (χ2v) is 10.9. The molecule has 1 saturated heterocycles. The number of ether oxygens (including phenoxy) is 1. The molecule has 43 heavy (non-hydrogen) atoms. The van der Waals surface area contributed by atoms with Gasteiger partial charge in [0.1, 0.15) is 0 Å². The lowest BCUT2D eigenvalue weighted by Crippen LogP contribution is -2.33. The van der Waals surface area contributed by atoms with E-state index in [9.17, 15) is 4.79 Å². The predicted octanol–water partition coefficient (Wildman–Crippen LogP) is 7.00. The first kappa shape index (κ1) is 34.3. The van der Waals surface area contributed by atoms with Crippen molar-refractivity contribution < 1.29 is 14.6 Å². The number of hydrogen-bond acceptors (Lipinski definition) is 8. The molecule has 3 aromatic heterocycles. The second-order valence-electron chi connectivity index (χ2n) is 10.0. The summed E-state index contributed by atoms with van der Waals surface area (Å²) in [5, 5.41) is 13.4. The van der Waals surface area contributed by atoms with Crippen molar-refractivity contribution in [3.05, 3.63) is 76.6 Å². The van der Waals surface area contributed by atoms with E-state index in [0.717, 1.165) is 49.3 Å². The number of imidazole rings is 1. The third-order valence-electron chi connectivity index (χ3n) is 7.01. The lowest BCUT2D eigenvalue weighted by molar-refractivity contribution is -0.138. The zero-order valence-corrected chi connectivity index (χ0v) is 26.6. The van der Waals surface area contributed by atoms with Gasteiger partial charge >= 0.3 is 5.97 Å². The number of piperidine rings is 1. The number of halogens is 4. The van der Waals surface area contributed by atoms with Crippen LogP contribution >= 0.6 is 48.0 Å². The number of pyridine rings is 1. The van der Waals surface area contributed by atoms with Gasteiger partial charge in [-0.15, -0.1) is 24.8 Å². The van der Waals surface area contributed by atoms with E-state index >= 15 is 0 Å². The molecule has 0 bridgehead atoms. The van der Waals surface area contributed by atoms with E-state index in [1.165, 1.54) is 0 Å². The summed E-state index contributed by atoms with van der Waals surface area (Å²) in [7, 11) is 0. The first-order valence-corrected chi connectivity index (χ1v) is 14.2. The zero-order chi connectivity index (χ0) is 28.8. The number of likely N-dealkylation sites (tertiary alicyclic amines) is 1. The van der Waals surface area contributed by atoms with Crippen LogP contribution in [-0.2, 0) is 24.4 Å². The summed E-state index contributed by atoms with van der Waals surface area (Å²) in [5.41, 5.74) is 3.49. The maximum absolute atomic E-state index is 11.1. The Kier molecular flexibility index (Phi) is 12.8. The maximum Gasteiger partial charge on any atom is 0.303 e. The number of carboxylic acid groups (broad SMARTS) is 1. The van der Waals surface area contributed by atoms with Gasteiger partial charge in [-0.1, -0.05) is 23.2 Å². The Hall–Kier alpha value is -3.15. The second kappa shape index (κ2) is 16.1. The molecule has 0 spiro atoms. The molecule has 5 rings (SSSR count). The average molecular weight is 669 g/mol. The van der Waals surface area contributed by atoms with Crippen molar-refractivity contribution in [2.75, 3.05) is 18.4 Å². The molecule has 0 radical (unpaired) electrons. The number of aromatic nitrogens is 5. The number of nitrogens with zero attached hydrogens (tertiary/aromatic N) is 6. The summed E-state index contributed by atoms with van der Waals surface area (Å²) in [5.74, 6) is 0.800. The van der Waals surface area contributed by atoms with E-state index in [1.54, 1.807) is 24.8 Å². The van der Waals surface area contributed by atoms with Gasteiger partial charge in [-0.05, 0) is 68.6 Å². The summed E-state index contributed by atoms with van der Waals surface area (Å²) in [6, 6.07) is 9.21. The van der Waals surface area contributed by atoms with Gasteiger partial charge in [0.15, 0.2) is 5.75 Å². The van der Waals surface area contributed by atoms with Gasteiger partial charge in [0, 0.05) is 47.4 Å². The lowest BCUT2D eigenvalue weighted by atomic mass is 9.93. The van der Waals surface area contributed by atoms with Crippen LogP contribution in [-0.4, -0.2) is 53.6 Å². The molecule has 2 N–H and O–H groups in total. The zero-order valence-electron chi connectivity index (χ0n) is 23.4. The average Bonchev–Trinajstić information content (AvgIpc) is 3.40. The summed E-state index contributed by atoms with van der Waals surface area (Å²) < 4.78 is 8.15. The van der Waals surface area contributed by atoms with Crippen LogP contribution in [0.5, 0.6) is 11.6 Å². The summed E-state index contributed by atoms with van der Waals surface area (Å²) >= 11 is 12.6. The molecule has 0 unspecified atom stereocenters. The van der Waals surface area contributed by atoms with E-state index in [2.05, 4.69) is 32.1 Å². The Balaban J connectivity index is 0.00000253. The van der Waals surface area contributed by atoms with Gasteiger partial charge in [-0.25, -0.2) is 19.9 Å². The summed E-state index contributed by atoms with van der Waals surface area (Å²) in [6.07, 6.45) is 8.75. The van der Waals surface area contributed by atoms with E-state index in [-0.39, 0.29) is 37.2 Å². The van der Waals surface area contributed by atoms with Gasteiger partial charge in [0.05, 0.1) is 36.7 Å². The van der Waals surface area contributed by atoms with Crippen molar-refractivity contribution >= 4 is 59.9 Å². The highest BCUT2D eigenvalue weighted by Crippen LogP contribution is 2.31. The van der Waals surface area contributed by atoms with E-state index in [1.807, 2.05) is 35.0 Å². The normalized spacial score (nSPS) is 13.6. The molecule has 1 aromatic carbocycles. The maximum atomic E-state index is 11.1. The minimum atomic E-state index is -0.735. The Morgan fingerprint density at radius 1 is 1.05 bits per heavy atom. The molecule has 0 aliphatic carbocycles. The minimum Gasteiger partial charge on any atom is -0.481 e. The van der Waals surface area contributed by atoms with Gasteiger partial charge in [0.2, 0.25) is 11.8 Å². The Morgan fingerprint density at radius 2 is 1.74 bits per heavy atom. The number of benzene rings is 1. The van der Waals surface area contributed by atoms with Crippen LogP contribution in [0.15, 0.2) is 55.2 Å². The highest BCUT2D eigenvalue weighted by molar-refractivity contribution is 6.35. The van der Waals surface area contributed by atoms with E-state index < -0.39 is 5.97 Å². The molecule has 1 aliphatic rings. The fourth-order valence-electron chi connectivity index (χ4n) is 4.94. The van der Waals surface area contributed by atoms with Crippen LogP contribution in [0.2, 0.25) is 10.0 Å². The van der Waals surface area contributed by atoms with Gasteiger partial charge in [-0.3, -0.25) is 9.69 Å². The van der Waals surface area contributed by atoms with Crippen LogP contribution in [0.4, 0.5) is 5.95 Å². The Morgan fingerprint density at radius 3 is 2.40 bits per heavy atom. The fourth-order valence-corrected chi connectivity index (χ4v) is 5.46. The quantitative estimate of drug-likeness (QED) is 0.174. The Bertz CT molecular complexity index is 1480. The van der Waals surface area contributed by atoms with Crippen molar-refractivity contribution in [3.8, 4) is 22.9 Å². The topological polar surface area (TPSA) is 118 Å². The third-order valence-corrected chi connectivity index (χ3v) is 7.45. The molecule has 14 heteroatoms. The lowest BCUT2D eigenvalue weighted by Gasteiger charge is -2.31. The van der Waals surface area contributed by atoms with Gasteiger partial charge in [-0.2, -0.15) is 0 Å². The molecule has 10 nitrogen and oxygen atoms in total. The van der Waals surface area contributed by atoms with Crippen molar-refractivity contribution in [3.63, 3.8) is 0 Å². The highest BCUT2D eigenvalue weighted by atomic mass is 35.5. The molecule has 0 atom stereocenters. The summed E-state index contributed by atoms with van der Waals surface area (Å²) in [4.78, 5) is 31.1. The minimum absolute atomic E-state index is 0. The van der Waals surface area contributed by atoms with Crippen LogP contribution in [0.1, 0.15) is 37.4 Å². The third kappa shape index (κ3) is 9.67. The molecule has 4 aromatic rings. The number of rotatable bonds is 11. The van der Waals surface area contributed by atoms with Gasteiger partial charge in [0.25, 0.3) is 0 Å². The van der Waals surface area contributed by atoms with E-state index in [0.29, 0.717) is 46.4 Å². The van der Waals surface area contributed by atoms with Crippen LogP contribution < -0.4 is 10.1 Å². The highest BCUT2D eigenvalue weighted by Gasteiger charge is 2.22. The number of aliphatic carboxylic acids is 1. The summed E-state index contributed by atoms with van der Waals surface area (Å²) in [6.45, 7) is 5.79. The number of anilines is 1. The first-order chi connectivity index (χ1) is 19.8. The fraction of sp³-hybridized carbons (Fsp3) is 0.345. The van der Waals surface area contributed by atoms with Crippen molar-refractivity contribution in [2.45, 2.75) is 45.8 Å². The van der Waals surface area contributed by atoms with Gasteiger partial charge < -0.3 is 19.7 Å². The molecule has 0 amide bonds. The van der Waals surface area contributed by atoms with Crippen LogP contribution in [0.3, 0.4) is 0 Å². The SMILES string of the molecule is CCn1cncc1CNc1ncc(Oc2cc(CN3CCC(CC(=O)O)CC3)cc(-c3cc(Cl)cc(Cl)c3)n2)cn1.Cl.Cl. The van der Waals surface area contributed by atoms with Crippen LogP contribution in [0.25, 0.3) is 11.3 Å². The molecule has 0 saturated carbocycles. The number of nitrogens with one attached hydrogen (secondary N) is 1. The van der Waals surface area contributed by atoms with Crippen molar-refractivity contribution in [2.24, 2.45) is 5.92 Å². The number of carboxylic acids is 1. The van der Waals surface area contributed by atoms with Crippen molar-refractivity contribution in [1.29, 1.82) is 0 Å². The largest absolute Gasteiger partial charge is 0.481 e. The molecule has 1 aliphatic heterocycles. The predicted molar refractivity (Wildman–Crippen MR) is 172 cm³/mol. The Labute approximate surface area is 272 Å². The number of hydrogen-bond donors (Lipinski definition) is 2. The molecule has 230 valence electrons. The molecular formula is C29H33Cl4N7O3.